The molecule has 1 heterocycles. The Morgan fingerprint density at radius 3 is 2.83 bits per heavy atom. The highest BCUT2D eigenvalue weighted by Gasteiger charge is 2.22. The molecule has 12 heavy (non-hydrogen) atoms. The monoisotopic (exact) mass is 192 g/mol. The molecule has 0 saturated carbocycles. The van der Waals surface area contributed by atoms with Crippen molar-refractivity contribution < 1.29 is 19.7 Å². The maximum absolute atomic E-state index is 10.2. The first-order valence-electron chi connectivity index (χ1n) is 3.88. The molecular formula is C7H12O4S. The summed E-state index contributed by atoms with van der Waals surface area (Å²) in [5, 5.41) is 17.3. The summed E-state index contributed by atoms with van der Waals surface area (Å²) in [5.74, 6) is -1.20. The van der Waals surface area contributed by atoms with Gasteiger partial charge in [-0.05, 0) is 19.3 Å². The van der Waals surface area contributed by atoms with Crippen LogP contribution in [-0.2, 0) is 9.53 Å². The molecule has 1 saturated heterocycles. The van der Waals surface area contributed by atoms with E-state index in [0.29, 0.717) is 6.61 Å². The van der Waals surface area contributed by atoms with E-state index in [2.05, 4.69) is 0 Å². The molecule has 0 spiro atoms. The highest BCUT2D eigenvalue weighted by atomic mass is 32.2. The van der Waals surface area contributed by atoms with E-state index in [0.717, 1.165) is 31.0 Å². The lowest BCUT2D eigenvalue weighted by atomic mass is 10.2. The molecule has 5 heteroatoms. The predicted molar refractivity (Wildman–Crippen MR) is 44.8 cm³/mol. The molecule has 70 valence electrons. The Balaban J connectivity index is 2.24. The summed E-state index contributed by atoms with van der Waals surface area (Å²) in [4.78, 5) is 10.2. The van der Waals surface area contributed by atoms with Crippen LogP contribution < -0.4 is 0 Å². The fraction of sp³-hybridized carbons (Fsp3) is 0.857. The highest BCUT2D eigenvalue weighted by molar-refractivity contribution is 8.00. The summed E-state index contributed by atoms with van der Waals surface area (Å²) >= 11 is 0.962. The van der Waals surface area contributed by atoms with E-state index in [9.17, 15) is 4.79 Å². The second-order valence-corrected chi connectivity index (χ2v) is 3.87. The average Bonchev–Trinajstić information content (AvgIpc) is 2.06. The minimum Gasteiger partial charge on any atom is -0.479 e. The molecule has 1 fully saturated rings. The number of hydrogen-bond acceptors (Lipinski definition) is 4. The first-order valence-corrected chi connectivity index (χ1v) is 4.82. The molecule has 2 N–H and O–H groups in total. The van der Waals surface area contributed by atoms with Crippen molar-refractivity contribution in [1.82, 2.24) is 0 Å². The average molecular weight is 192 g/mol. The second kappa shape index (κ2) is 4.69. The van der Waals surface area contributed by atoms with Gasteiger partial charge in [0, 0.05) is 6.61 Å². The number of carbonyl (C=O) groups is 1. The Labute approximate surface area is 74.9 Å². The van der Waals surface area contributed by atoms with Crippen molar-refractivity contribution in [2.45, 2.75) is 30.1 Å². The van der Waals surface area contributed by atoms with Gasteiger partial charge >= 0.3 is 5.97 Å². The van der Waals surface area contributed by atoms with Gasteiger partial charge in [0.1, 0.15) is 5.44 Å². The van der Waals surface area contributed by atoms with Crippen LogP contribution in [0.15, 0.2) is 0 Å². The molecule has 0 aromatic carbocycles. The van der Waals surface area contributed by atoms with Gasteiger partial charge in [-0.15, -0.1) is 0 Å². The van der Waals surface area contributed by atoms with Gasteiger partial charge in [-0.25, -0.2) is 4.79 Å². The van der Waals surface area contributed by atoms with Crippen molar-refractivity contribution in [2.75, 3.05) is 6.61 Å². The summed E-state index contributed by atoms with van der Waals surface area (Å²) in [7, 11) is 0. The standard InChI is InChI=1S/C7H12O4S/c8-6(9)7(10)12-5-3-1-2-4-11-5/h5,7,10H,1-4H2,(H,8,9). The van der Waals surface area contributed by atoms with Crippen molar-refractivity contribution in [2.24, 2.45) is 0 Å². The SMILES string of the molecule is O=C(O)C(O)SC1CCCCO1. The fourth-order valence-electron chi connectivity index (χ4n) is 1.02. The summed E-state index contributed by atoms with van der Waals surface area (Å²) < 4.78 is 5.24. The second-order valence-electron chi connectivity index (χ2n) is 2.62. The lowest BCUT2D eigenvalue weighted by molar-refractivity contribution is -0.142. The third kappa shape index (κ3) is 3.00. The Bertz CT molecular complexity index is 155. The quantitative estimate of drug-likeness (QED) is 0.643. The van der Waals surface area contributed by atoms with Crippen molar-refractivity contribution in [3.63, 3.8) is 0 Å². The van der Waals surface area contributed by atoms with E-state index in [1.54, 1.807) is 0 Å². The molecule has 4 nitrogen and oxygen atoms in total. The molecule has 0 amide bonds. The normalized spacial score (nSPS) is 26.6. The summed E-state index contributed by atoms with van der Waals surface area (Å²) in [6, 6.07) is 0. The van der Waals surface area contributed by atoms with Crippen molar-refractivity contribution >= 4 is 17.7 Å². The van der Waals surface area contributed by atoms with Crippen molar-refractivity contribution in [3.05, 3.63) is 0 Å². The topological polar surface area (TPSA) is 66.8 Å². The number of rotatable bonds is 3. The molecule has 1 aliphatic heterocycles. The number of carboxylic acid groups (broad SMARTS) is 1. The Kier molecular flexibility index (Phi) is 3.84. The summed E-state index contributed by atoms with van der Waals surface area (Å²) in [6.07, 6.45) is 2.90. The van der Waals surface area contributed by atoms with Crippen LogP contribution in [0, 0.1) is 0 Å². The van der Waals surface area contributed by atoms with Crippen LogP contribution in [0.2, 0.25) is 0 Å². The third-order valence-electron chi connectivity index (χ3n) is 1.63. The summed E-state index contributed by atoms with van der Waals surface area (Å²) in [6.45, 7) is 0.671. The van der Waals surface area contributed by atoms with Gasteiger partial charge in [0.2, 0.25) is 0 Å². The smallest absolute Gasteiger partial charge is 0.343 e. The molecule has 1 aliphatic rings. The molecule has 1 rings (SSSR count). The Morgan fingerprint density at radius 1 is 1.58 bits per heavy atom. The van der Waals surface area contributed by atoms with Gasteiger partial charge in [0.15, 0.2) is 5.44 Å². The molecule has 0 aromatic heterocycles. The first kappa shape index (κ1) is 9.83. The zero-order valence-corrected chi connectivity index (χ0v) is 7.42. The molecule has 2 unspecified atom stereocenters. The van der Waals surface area contributed by atoms with E-state index < -0.39 is 11.4 Å². The van der Waals surface area contributed by atoms with Crippen molar-refractivity contribution in [3.8, 4) is 0 Å². The minimum absolute atomic E-state index is 0.148. The zero-order valence-electron chi connectivity index (χ0n) is 6.60. The predicted octanol–water partition coefficient (Wildman–Crippen LogP) is 0.649. The van der Waals surface area contributed by atoms with E-state index in [-0.39, 0.29) is 5.44 Å². The number of aliphatic hydroxyl groups is 1. The maximum Gasteiger partial charge on any atom is 0.343 e. The zero-order chi connectivity index (χ0) is 8.97. The van der Waals surface area contributed by atoms with Gasteiger partial charge in [-0.1, -0.05) is 11.8 Å². The van der Waals surface area contributed by atoms with E-state index in [4.69, 9.17) is 14.9 Å². The van der Waals surface area contributed by atoms with Crippen LogP contribution in [0.4, 0.5) is 0 Å². The molecule has 0 aliphatic carbocycles. The lowest BCUT2D eigenvalue weighted by Crippen LogP contribution is -2.23. The molecular weight excluding hydrogens is 180 g/mol. The largest absolute Gasteiger partial charge is 0.479 e. The van der Waals surface area contributed by atoms with E-state index in [1.165, 1.54) is 0 Å². The molecule has 0 bridgehead atoms. The number of thioether (sulfide) groups is 1. The number of aliphatic hydroxyl groups excluding tert-OH is 1. The van der Waals surface area contributed by atoms with Crippen LogP contribution in [0.5, 0.6) is 0 Å². The van der Waals surface area contributed by atoms with Crippen molar-refractivity contribution in [1.29, 1.82) is 0 Å². The van der Waals surface area contributed by atoms with Crippen LogP contribution in [-0.4, -0.2) is 33.7 Å². The third-order valence-corrected chi connectivity index (χ3v) is 2.76. The maximum atomic E-state index is 10.2. The number of aliphatic carboxylic acids is 1. The lowest BCUT2D eigenvalue weighted by Gasteiger charge is -2.22. The minimum atomic E-state index is -1.35. The number of hydrogen-bond donors (Lipinski definition) is 2. The van der Waals surface area contributed by atoms with Crippen LogP contribution in [0.3, 0.4) is 0 Å². The van der Waals surface area contributed by atoms with Crippen LogP contribution in [0.25, 0.3) is 0 Å². The van der Waals surface area contributed by atoms with Gasteiger partial charge in [0.25, 0.3) is 0 Å². The Hall–Kier alpha value is -0.260. The molecule has 0 radical (unpaired) electrons. The van der Waals surface area contributed by atoms with Gasteiger partial charge in [-0.3, -0.25) is 0 Å². The highest BCUT2D eigenvalue weighted by Crippen LogP contribution is 2.25. The van der Waals surface area contributed by atoms with E-state index >= 15 is 0 Å². The molecule has 2 atom stereocenters. The first-order chi connectivity index (χ1) is 5.70. The van der Waals surface area contributed by atoms with Gasteiger partial charge in [-0.2, -0.15) is 0 Å². The van der Waals surface area contributed by atoms with Gasteiger partial charge < -0.3 is 14.9 Å². The van der Waals surface area contributed by atoms with Crippen LogP contribution in [0.1, 0.15) is 19.3 Å². The molecule has 0 aromatic rings. The number of carboxylic acids is 1. The number of ether oxygens (including phenoxy) is 1. The van der Waals surface area contributed by atoms with Gasteiger partial charge in [0.05, 0.1) is 0 Å². The van der Waals surface area contributed by atoms with Crippen LogP contribution >= 0.6 is 11.8 Å². The van der Waals surface area contributed by atoms with E-state index in [1.807, 2.05) is 0 Å². The summed E-state index contributed by atoms with van der Waals surface area (Å²) in [5.41, 5.74) is -1.50. The Morgan fingerprint density at radius 2 is 2.33 bits per heavy atom. The fourth-order valence-corrected chi connectivity index (χ4v) is 1.90.